The zero-order chi connectivity index (χ0) is 23.6. The summed E-state index contributed by atoms with van der Waals surface area (Å²) in [6.07, 6.45) is 2.05. The molecular formula is C23H38N4O4S. The normalized spacial score (nSPS) is 30.4. The second-order valence-electron chi connectivity index (χ2n) is 10.0. The first kappa shape index (κ1) is 25.1. The van der Waals surface area contributed by atoms with Crippen molar-refractivity contribution >= 4 is 28.3 Å². The van der Waals surface area contributed by atoms with Crippen molar-refractivity contribution in [3.8, 4) is 0 Å². The number of carbonyl (C=O) groups is 2. The van der Waals surface area contributed by atoms with Crippen molar-refractivity contribution in [3.05, 3.63) is 10.6 Å². The van der Waals surface area contributed by atoms with E-state index >= 15 is 0 Å². The average Bonchev–Trinajstić information content (AvgIpc) is 3.08. The van der Waals surface area contributed by atoms with Crippen molar-refractivity contribution in [1.29, 1.82) is 0 Å². The molecule has 6 unspecified atom stereocenters. The Kier molecular flexibility index (Phi) is 7.96. The van der Waals surface area contributed by atoms with E-state index in [1.54, 1.807) is 18.4 Å². The molecule has 1 heterocycles. The highest BCUT2D eigenvalue weighted by atomic mass is 32.1. The highest BCUT2D eigenvalue weighted by Crippen LogP contribution is 2.57. The summed E-state index contributed by atoms with van der Waals surface area (Å²) in [6, 6.07) is 0. The van der Waals surface area contributed by atoms with Crippen molar-refractivity contribution < 1.29 is 19.4 Å². The first-order valence-electron chi connectivity index (χ1n) is 11.5. The highest BCUT2D eigenvalue weighted by Gasteiger charge is 2.53. The fourth-order valence-corrected chi connectivity index (χ4v) is 6.96. The molecular weight excluding hydrogens is 428 g/mol. The molecule has 0 aromatic carbocycles. The molecule has 180 valence electrons. The lowest BCUT2D eigenvalue weighted by Gasteiger charge is -2.53. The van der Waals surface area contributed by atoms with E-state index in [1.807, 2.05) is 25.9 Å². The minimum Gasteiger partial charge on any atom is -0.392 e. The number of nitrogens with one attached hydrogen (secondary N) is 2. The van der Waals surface area contributed by atoms with E-state index in [4.69, 9.17) is 9.72 Å². The fraction of sp³-hybridized carbons (Fsp3) is 0.783. The smallest absolute Gasteiger partial charge is 0.240 e. The lowest BCUT2D eigenvalue weighted by molar-refractivity contribution is -0.135. The summed E-state index contributed by atoms with van der Waals surface area (Å²) in [5, 5.41) is 17.9. The van der Waals surface area contributed by atoms with E-state index in [-0.39, 0.29) is 40.9 Å². The predicted molar refractivity (Wildman–Crippen MR) is 126 cm³/mol. The summed E-state index contributed by atoms with van der Waals surface area (Å²) < 4.78 is 5.02. The molecule has 0 radical (unpaired) electrons. The summed E-state index contributed by atoms with van der Waals surface area (Å²) in [5.74, 6) is -0.380. The molecule has 0 spiro atoms. The number of ether oxygens (including phenoxy) is 1. The molecule has 2 aliphatic rings. The maximum atomic E-state index is 12.6. The fourth-order valence-electron chi connectivity index (χ4n) is 5.68. The number of fused-ring (bicyclic) bond motifs is 2. The van der Waals surface area contributed by atoms with Gasteiger partial charge in [0.15, 0.2) is 5.13 Å². The Morgan fingerprint density at radius 1 is 1.41 bits per heavy atom. The number of carbonyl (C=O) groups excluding carboxylic acids is 2. The number of aromatic nitrogens is 1. The van der Waals surface area contributed by atoms with Gasteiger partial charge in [0, 0.05) is 30.4 Å². The summed E-state index contributed by atoms with van der Waals surface area (Å²) in [6.45, 7) is 7.56. The first-order valence-corrected chi connectivity index (χ1v) is 12.3. The van der Waals surface area contributed by atoms with Crippen LogP contribution in [0.5, 0.6) is 0 Å². The van der Waals surface area contributed by atoms with Crippen molar-refractivity contribution in [2.75, 3.05) is 46.2 Å². The number of aliphatic hydroxyl groups is 1. The SMILES string of the molecule is COCCNC(=O)C(C)C1CCC2(C)Cc3sc(NC(=O)CN(C)C)nc3C(C)C2C1O. The number of rotatable bonds is 8. The van der Waals surface area contributed by atoms with Crippen LogP contribution in [0.25, 0.3) is 0 Å². The van der Waals surface area contributed by atoms with Crippen molar-refractivity contribution in [3.63, 3.8) is 0 Å². The minimum atomic E-state index is -0.575. The highest BCUT2D eigenvalue weighted by molar-refractivity contribution is 7.15. The molecule has 1 aromatic rings. The van der Waals surface area contributed by atoms with Gasteiger partial charge in [-0.15, -0.1) is 11.3 Å². The van der Waals surface area contributed by atoms with Crippen molar-refractivity contribution in [2.45, 2.75) is 52.1 Å². The quantitative estimate of drug-likeness (QED) is 0.507. The van der Waals surface area contributed by atoms with Gasteiger partial charge in [0.05, 0.1) is 24.9 Å². The molecule has 1 aromatic heterocycles. The number of aliphatic hydroxyl groups excluding tert-OH is 1. The third kappa shape index (κ3) is 5.16. The molecule has 0 bridgehead atoms. The molecule has 9 heteroatoms. The summed E-state index contributed by atoms with van der Waals surface area (Å²) in [4.78, 5) is 32.6. The lowest BCUT2D eigenvalue weighted by atomic mass is 9.53. The molecule has 8 nitrogen and oxygen atoms in total. The number of methoxy groups -OCH3 is 1. The van der Waals surface area contributed by atoms with Gasteiger partial charge in [0.25, 0.3) is 0 Å². The van der Waals surface area contributed by atoms with Crippen LogP contribution in [0.2, 0.25) is 0 Å². The molecule has 0 saturated heterocycles. The molecule has 6 atom stereocenters. The Morgan fingerprint density at radius 2 is 2.12 bits per heavy atom. The molecule has 1 fully saturated rings. The Balaban J connectivity index is 1.76. The van der Waals surface area contributed by atoms with Crippen LogP contribution in [0.15, 0.2) is 0 Å². The van der Waals surface area contributed by atoms with Crippen LogP contribution in [0.1, 0.15) is 50.1 Å². The van der Waals surface area contributed by atoms with Crippen molar-refractivity contribution in [2.24, 2.45) is 23.2 Å². The van der Waals surface area contributed by atoms with E-state index in [9.17, 15) is 14.7 Å². The summed E-state index contributed by atoms with van der Waals surface area (Å²) in [7, 11) is 5.32. The van der Waals surface area contributed by atoms with Crippen LogP contribution in [-0.2, 0) is 20.7 Å². The maximum absolute atomic E-state index is 12.6. The van der Waals surface area contributed by atoms with Crippen LogP contribution in [0.4, 0.5) is 5.13 Å². The Bertz CT molecular complexity index is 829. The van der Waals surface area contributed by atoms with Crippen LogP contribution >= 0.6 is 11.3 Å². The van der Waals surface area contributed by atoms with Gasteiger partial charge in [-0.25, -0.2) is 4.98 Å². The second-order valence-corrected chi connectivity index (χ2v) is 11.1. The molecule has 2 aliphatic carbocycles. The number of hydrogen-bond donors (Lipinski definition) is 3. The monoisotopic (exact) mass is 466 g/mol. The topological polar surface area (TPSA) is 104 Å². The van der Waals surface area contributed by atoms with Crippen LogP contribution in [0.3, 0.4) is 0 Å². The minimum absolute atomic E-state index is 0.0235. The molecule has 3 N–H and O–H groups in total. The summed E-state index contributed by atoms with van der Waals surface area (Å²) in [5.41, 5.74) is 0.931. The van der Waals surface area contributed by atoms with Crippen LogP contribution in [-0.4, -0.2) is 73.8 Å². The largest absolute Gasteiger partial charge is 0.392 e. The van der Waals surface area contributed by atoms with E-state index < -0.39 is 6.10 Å². The molecule has 3 rings (SSSR count). The number of hydrogen-bond acceptors (Lipinski definition) is 7. The van der Waals surface area contributed by atoms with E-state index in [2.05, 4.69) is 24.5 Å². The molecule has 0 aliphatic heterocycles. The number of thiazole rings is 1. The van der Waals surface area contributed by atoms with Gasteiger partial charge in [-0.1, -0.05) is 20.8 Å². The number of anilines is 1. The zero-order valence-electron chi connectivity index (χ0n) is 20.1. The molecule has 2 amide bonds. The van der Waals surface area contributed by atoms with E-state index in [1.165, 1.54) is 4.88 Å². The number of likely N-dealkylation sites (N-methyl/N-ethyl adjacent to an activating group) is 1. The average molecular weight is 467 g/mol. The second kappa shape index (κ2) is 10.2. The Labute approximate surface area is 195 Å². The van der Waals surface area contributed by atoms with Crippen molar-refractivity contribution in [1.82, 2.24) is 15.2 Å². The Hall–Kier alpha value is -1.55. The standard InChI is InChI=1S/C23H38N4O4S/c1-13(21(30)24-9-10-31-6)15-7-8-23(3)11-16-19(14(2)18(23)20(15)29)26-22(32-16)25-17(28)12-27(4)5/h13-15,18,20,29H,7-12H2,1-6H3,(H,24,30)(H,25,26,28). The third-order valence-corrected chi connectivity index (χ3v) is 8.28. The zero-order valence-corrected chi connectivity index (χ0v) is 20.9. The van der Waals surface area contributed by atoms with Gasteiger partial charge in [-0.3, -0.25) is 9.59 Å². The Morgan fingerprint density at radius 3 is 2.78 bits per heavy atom. The van der Waals surface area contributed by atoms with E-state index in [0.29, 0.717) is 24.8 Å². The van der Waals surface area contributed by atoms with Gasteiger partial charge in [0.2, 0.25) is 11.8 Å². The van der Waals surface area contributed by atoms with Gasteiger partial charge in [-0.05, 0) is 50.6 Å². The molecule has 1 saturated carbocycles. The maximum Gasteiger partial charge on any atom is 0.240 e. The van der Waals surface area contributed by atoms with Gasteiger partial charge in [-0.2, -0.15) is 0 Å². The van der Waals surface area contributed by atoms with E-state index in [0.717, 1.165) is 25.0 Å². The third-order valence-electron chi connectivity index (χ3n) is 7.29. The van der Waals surface area contributed by atoms with Gasteiger partial charge >= 0.3 is 0 Å². The molecule has 32 heavy (non-hydrogen) atoms. The van der Waals surface area contributed by atoms with Gasteiger partial charge in [0.1, 0.15) is 0 Å². The van der Waals surface area contributed by atoms with Crippen LogP contribution < -0.4 is 10.6 Å². The predicted octanol–water partition coefficient (Wildman–Crippen LogP) is 2.09. The van der Waals surface area contributed by atoms with Crippen LogP contribution in [0, 0.1) is 23.2 Å². The number of nitrogens with zero attached hydrogens (tertiary/aromatic N) is 2. The number of amides is 2. The first-order chi connectivity index (χ1) is 15.1. The lowest BCUT2D eigenvalue weighted by Crippen LogP contribution is -2.53. The van der Waals surface area contributed by atoms with Gasteiger partial charge < -0.3 is 25.4 Å². The summed E-state index contributed by atoms with van der Waals surface area (Å²) >= 11 is 1.55.